The van der Waals surface area contributed by atoms with E-state index in [9.17, 15) is 4.79 Å². The highest BCUT2D eigenvalue weighted by Crippen LogP contribution is 2.30. The number of carbonyl (C=O) groups excluding carboxylic acids is 1. The maximum Gasteiger partial charge on any atom is 0.407 e. The van der Waals surface area contributed by atoms with Gasteiger partial charge in [-0.2, -0.15) is 0 Å². The number of rotatable bonds is 3. The van der Waals surface area contributed by atoms with E-state index in [-0.39, 0.29) is 12.1 Å². The molecule has 1 aromatic carbocycles. The van der Waals surface area contributed by atoms with Crippen LogP contribution in [-0.4, -0.2) is 17.7 Å². The summed E-state index contributed by atoms with van der Waals surface area (Å²) < 4.78 is 6.53. The molecule has 122 valence electrons. The first-order valence-corrected chi connectivity index (χ1v) is 8.84. The van der Waals surface area contributed by atoms with Crippen LogP contribution in [-0.2, 0) is 17.6 Å². The summed E-state index contributed by atoms with van der Waals surface area (Å²) in [5.74, 6) is 0.478. The second kappa shape index (κ2) is 7.03. The van der Waals surface area contributed by atoms with Crippen molar-refractivity contribution in [1.29, 1.82) is 0 Å². The number of ether oxygens (including phenoxy) is 1. The highest BCUT2D eigenvalue weighted by molar-refractivity contribution is 9.10. The topological polar surface area (TPSA) is 38.3 Å². The summed E-state index contributed by atoms with van der Waals surface area (Å²) >= 11 is 3.54. The van der Waals surface area contributed by atoms with Gasteiger partial charge in [0.1, 0.15) is 5.60 Å². The molecule has 0 saturated heterocycles. The van der Waals surface area contributed by atoms with E-state index in [0.29, 0.717) is 5.92 Å². The molecular formula is C18H26BrNO2. The molecule has 1 amide bonds. The standard InChI is InChI=1S/C18H26BrNO2/c1-5-16(20-17(21)22-18(2,3)4)14-7-6-13-11-15(19)9-8-12(13)10-14/h8-9,11,14,16H,5-7,10H2,1-4H3,(H,20,21). The largest absolute Gasteiger partial charge is 0.444 e. The number of carbonyl (C=O) groups is 1. The summed E-state index contributed by atoms with van der Waals surface area (Å²) in [5.41, 5.74) is 2.38. The Morgan fingerprint density at radius 1 is 1.41 bits per heavy atom. The SMILES string of the molecule is CCC(NC(=O)OC(C)(C)C)C1CCc2cc(Br)ccc2C1. The minimum atomic E-state index is -0.451. The maximum absolute atomic E-state index is 12.0. The normalized spacial score (nSPS) is 19.2. The van der Waals surface area contributed by atoms with E-state index in [4.69, 9.17) is 4.74 Å². The highest BCUT2D eigenvalue weighted by Gasteiger charge is 2.28. The summed E-state index contributed by atoms with van der Waals surface area (Å²) in [6.45, 7) is 7.80. The van der Waals surface area contributed by atoms with Crippen molar-refractivity contribution in [3.63, 3.8) is 0 Å². The lowest BCUT2D eigenvalue weighted by Gasteiger charge is -2.32. The van der Waals surface area contributed by atoms with Crippen LogP contribution in [0.1, 0.15) is 51.7 Å². The van der Waals surface area contributed by atoms with E-state index in [1.165, 1.54) is 11.1 Å². The molecule has 0 bridgehead atoms. The summed E-state index contributed by atoms with van der Waals surface area (Å²) in [6, 6.07) is 6.69. The second-order valence-electron chi connectivity index (χ2n) is 7.08. The van der Waals surface area contributed by atoms with E-state index in [0.717, 1.165) is 30.2 Å². The molecule has 0 saturated carbocycles. The van der Waals surface area contributed by atoms with Crippen LogP contribution in [0.4, 0.5) is 4.79 Å². The van der Waals surface area contributed by atoms with Crippen LogP contribution in [0.5, 0.6) is 0 Å². The number of amides is 1. The van der Waals surface area contributed by atoms with E-state index in [1.807, 2.05) is 20.8 Å². The molecule has 1 aromatic rings. The van der Waals surface area contributed by atoms with Gasteiger partial charge in [-0.15, -0.1) is 0 Å². The molecule has 0 heterocycles. The third-order valence-electron chi connectivity index (χ3n) is 4.15. The van der Waals surface area contributed by atoms with Crippen LogP contribution < -0.4 is 5.32 Å². The number of aryl methyl sites for hydroxylation is 1. The predicted octanol–water partition coefficient (Wildman–Crippen LogP) is 4.86. The molecule has 2 atom stereocenters. The van der Waals surface area contributed by atoms with Gasteiger partial charge >= 0.3 is 6.09 Å². The van der Waals surface area contributed by atoms with E-state index >= 15 is 0 Å². The molecule has 4 heteroatoms. The number of hydrogen-bond donors (Lipinski definition) is 1. The van der Waals surface area contributed by atoms with Gasteiger partial charge in [0, 0.05) is 10.5 Å². The molecule has 2 rings (SSSR count). The molecule has 0 aliphatic heterocycles. The van der Waals surface area contributed by atoms with Gasteiger partial charge in [0.15, 0.2) is 0 Å². The number of alkyl carbamates (subject to hydrolysis) is 1. The first-order valence-electron chi connectivity index (χ1n) is 8.05. The Kier molecular flexibility index (Phi) is 5.54. The average Bonchev–Trinajstić information content (AvgIpc) is 2.42. The molecule has 0 radical (unpaired) electrons. The Bertz CT molecular complexity index is 536. The molecule has 0 aromatic heterocycles. The zero-order chi connectivity index (χ0) is 16.3. The monoisotopic (exact) mass is 367 g/mol. The van der Waals surface area contributed by atoms with Gasteiger partial charge in [-0.25, -0.2) is 4.79 Å². The molecule has 0 fully saturated rings. The van der Waals surface area contributed by atoms with Crippen molar-refractivity contribution in [2.45, 2.75) is 65.0 Å². The lowest BCUT2D eigenvalue weighted by atomic mass is 9.79. The van der Waals surface area contributed by atoms with Crippen molar-refractivity contribution in [2.75, 3.05) is 0 Å². The number of hydrogen-bond acceptors (Lipinski definition) is 2. The van der Waals surface area contributed by atoms with Crippen molar-refractivity contribution in [2.24, 2.45) is 5.92 Å². The van der Waals surface area contributed by atoms with Crippen LogP contribution in [0.15, 0.2) is 22.7 Å². The van der Waals surface area contributed by atoms with Gasteiger partial charge in [0.2, 0.25) is 0 Å². The minimum Gasteiger partial charge on any atom is -0.444 e. The summed E-state index contributed by atoms with van der Waals surface area (Å²) in [6.07, 6.45) is 3.83. The van der Waals surface area contributed by atoms with Gasteiger partial charge < -0.3 is 10.1 Å². The number of benzene rings is 1. The quantitative estimate of drug-likeness (QED) is 0.828. The van der Waals surface area contributed by atoms with E-state index in [2.05, 4.69) is 46.4 Å². The number of nitrogens with one attached hydrogen (secondary N) is 1. The Morgan fingerprint density at radius 3 is 2.77 bits per heavy atom. The van der Waals surface area contributed by atoms with Crippen molar-refractivity contribution >= 4 is 22.0 Å². The smallest absolute Gasteiger partial charge is 0.407 e. The molecule has 1 aliphatic rings. The number of halogens is 1. The molecule has 1 aliphatic carbocycles. The fraction of sp³-hybridized carbons (Fsp3) is 0.611. The van der Waals surface area contributed by atoms with Gasteiger partial charge in [-0.05, 0) is 75.6 Å². The molecular weight excluding hydrogens is 342 g/mol. The van der Waals surface area contributed by atoms with Crippen molar-refractivity contribution in [3.8, 4) is 0 Å². The predicted molar refractivity (Wildman–Crippen MR) is 93.1 cm³/mol. The second-order valence-corrected chi connectivity index (χ2v) is 7.99. The Hall–Kier alpha value is -1.03. The fourth-order valence-electron chi connectivity index (χ4n) is 3.11. The molecule has 3 nitrogen and oxygen atoms in total. The fourth-order valence-corrected chi connectivity index (χ4v) is 3.52. The first kappa shape index (κ1) is 17.3. The Labute approximate surface area is 141 Å². The molecule has 0 spiro atoms. The van der Waals surface area contributed by atoms with Crippen LogP contribution in [0, 0.1) is 5.92 Å². The minimum absolute atomic E-state index is 0.173. The summed E-state index contributed by atoms with van der Waals surface area (Å²) in [4.78, 5) is 12.0. The van der Waals surface area contributed by atoms with E-state index < -0.39 is 5.60 Å². The van der Waals surface area contributed by atoms with Crippen molar-refractivity contribution in [3.05, 3.63) is 33.8 Å². The Balaban J connectivity index is 2.00. The van der Waals surface area contributed by atoms with Crippen LogP contribution in [0.3, 0.4) is 0 Å². The average molecular weight is 368 g/mol. The maximum atomic E-state index is 12.0. The van der Waals surface area contributed by atoms with Gasteiger partial charge in [-0.3, -0.25) is 0 Å². The van der Waals surface area contributed by atoms with Crippen molar-refractivity contribution < 1.29 is 9.53 Å². The van der Waals surface area contributed by atoms with E-state index in [1.54, 1.807) is 0 Å². The molecule has 1 N–H and O–H groups in total. The lowest BCUT2D eigenvalue weighted by Crippen LogP contribution is -2.44. The Morgan fingerprint density at radius 2 is 2.14 bits per heavy atom. The van der Waals surface area contributed by atoms with Crippen molar-refractivity contribution in [1.82, 2.24) is 5.32 Å². The zero-order valence-corrected chi connectivity index (χ0v) is 15.5. The van der Waals surface area contributed by atoms with Gasteiger partial charge in [0.25, 0.3) is 0 Å². The molecule has 22 heavy (non-hydrogen) atoms. The lowest BCUT2D eigenvalue weighted by molar-refractivity contribution is 0.0480. The van der Waals surface area contributed by atoms with Gasteiger partial charge in [-0.1, -0.05) is 28.9 Å². The number of fused-ring (bicyclic) bond motifs is 1. The van der Waals surface area contributed by atoms with Crippen LogP contribution in [0.25, 0.3) is 0 Å². The molecule has 2 unspecified atom stereocenters. The highest BCUT2D eigenvalue weighted by atomic mass is 79.9. The zero-order valence-electron chi connectivity index (χ0n) is 13.9. The van der Waals surface area contributed by atoms with Gasteiger partial charge in [0.05, 0.1) is 0 Å². The van der Waals surface area contributed by atoms with Crippen LogP contribution in [0.2, 0.25) is 0 Å². The first-order chi connectivity index (χ1) is 10.3. The summed E-state index contributed by atoms with van der Waals surface area (Å²) in [7, 11) is 0. The van der Waals surface area contributed by atoms with Crippen LogP contribution >= 0.6 is 15.9 Å². The third kappa shape index (κ3) is 4.73. The third-order valence-corrected chi connectivity index (χ3v) is 4.64. The summed E-state index contributed by atoms with van der Waals surface area (Å²) in [5, 5.41) is 3.06.